The maximum absolute atomic E-state index is 12.5. The molecule has 4 heterocycles. The van der Waals surface area contributed by atoms with Gasteiger partial charge < -0.3 is 19.2 Å². The molecule has 2 aromatic heterocycles. The van der Waals surface area contributed by atoms with Crippen molar-refractivity contribution in [2.75, 3.05) is 13.1 Å². The molecule has 8 nitrogen and oxygen atoms in total. The predicted molar refractivity (Wildman–Crippen MR) is 87.9 cm³/mol. The van der Waals surface area contributed by atoms with Crippen LogP contribution in [0.5, 0.6) is 0 Å². The van der Waals surface area contributed by atoms with Crippen molar-refractivity contribution in [1.29, 1.82) is 0 Å². The van der Waals surface area contributed by atoms with Gasteiger partial charge in [-0.25, -0.2) is 0 Å². The Kier molecular flexibility index (Phi) is 3.82. The second-order valence-corrected chi connectivity index (χ2v) is 7.09. The molecule has 0 aromatic carbocycles. The van der Waals surface area contributed by atoms with Gasteiger partial charge in [0, 0.05) is 32.1 Å². The Morgan fingerprint density at radius 1 is 1.24 bits per heavy atom. The number of aromatic nitrogens is 3. The lowest BCUT2D eigenvalue weighted by atomic mass is 9.89. The van der Waals surface area contributed by atoms with Crippen molar-refractivity contribution in [1.82, 2.24) is 25.0 Å². The average molecular weight is 343 g/mol. The Bertz CT molecular complexity index is 795. The summed E-state index contributed by atoms with van der Waals surface area (Å²) >= 11 is 0. The number of nitrogens with zero attached hydrogens (tertiary/aromatic N) is 4. The van der Waals surface area contributed by atoms with E-state index in [9.17, 15) is 9.59 Å². The molecule has 8 heteroatoms. The van der Waals surface area contributed by atoms with Crippen LogP contribution in [-0.2, 0) is 13.0 Å². The number of likely N-dealkylation sites (tertiary alicyclic amines) is 1. The molecule has 132 valence electrons. The molecule has 2 amide bonds. The third-order valence-electron chi connectivity index (χ3n) is 4.91. The fraction of sp³-hybridized carbons (Fsp3) is 0.529. The van der Waals surface area contributed by atoms with E-state index in [0.29, 0.717) is 43.1 Å². The van der Waals surface area contributed by atoms with Crippen LogP contribution in [0.1, 0.15) is 40.8 Å². The Balaban J connectivity index is 1.50. The minimum atomic E-state index is -0.200. The summed E-state index contributed by atoms with van der Waals surface area (Å²) in [5, 5.41) is 11.1. The Hall–Kier alpha value is -2.64. The summed E-state index contributed by atoms with van der Waals surface area (Å²) in [5.74, 6) is 1.92. The van der Waals surface area contributed by atoms with Crippen LogP contribution in [0.25, 0.3) is 0 Å². The van der Waals surface area contributed by atoms with E-state index in [4.69, 9.17) is 4.42 Å². The predicted octanol–water partition coefficient (Wildman–Crippen LogP) is 0.954. The van der Waals surface area contributed by atoms with Crippen LogP contribution >= 0.6 is 0 Å². The van der Waals surface area contributed by atoms with E-state index >= 15 is 0 Å². The molecule has 0 saturated carbocycles. The first-order chi connectivity index (χ1) is 12.0. The van der Waals surface area contributed by atoms with E-state index in [2.05, 4.69) is 15.5 Å². The summed E-state index contributed by atoms with van der Waals surface area (Å²) in [6.45, 7) is 5.83. The number of rotatable bonds is 3. The number of hydrogen-bond donors (Lipinski definition) is 1. The number of furan rings is 1. The minimum Gasteiger partial charge on any atom is -0.459 e. The molecule has 0 aliphatic carbocycles. The first kappa shape index (κ1) is 15.9. The number of fused-ring (bicyclic) bond motifs is 2. The van der Waals surface area contributed by atoms with Crippen LogP contribution in [-0.4, -0.2) is 50.6 Å². The first-order valence-electron chi connectivity index (χ1n) is 8.58. The van der Waals surface area contributed by atoms with Gasteiger partial charge in [-0.2, -0.15) is 0 Å². The number of carbonyl (C=O) groups is 2. The topological polar surface area (TPSA) is 93.3 Å². The molecule has 1 fully saturated rings. The van der Waals surface area contributed by atoms with Gasteiger partial charge >= 0.3 is 0 Å². The maximum Gasteiger partial charge on any atom is 0.289 e. The second kappa shape index (κ2) is 6.02. The van der Waals surface area contributed by atoms with Gasteiger partial charge in [-0.1, -0.05) is 0 Å². The van der Waals surface area contributed by atoms with Gasteiger partial charge in [-0.05, 0) is 37.8 Å². The van der Waals surface area contributed by atoms with Crippen molar-refractivity contribution in [3.05, 3.63) is 35.8 Å². The summed E-state index contributed by atoms with van der Waals surface area (Å²) < 4.78 is 7.13. The molecule has 2 aliphatic heterocycles. The zero-order valence-electron chi connectivity index (χ0n) is 14.3. The molecule has 1 N–H and O–H groups in total. The van der Waals surface area contributed by atoms with E-state index in [1.165, 1.54) is 6.26 Å². The Morgan fingerprint density at radius 2 is 2.04 bits per heavy atom. The fourth-order valence-electron chi connectivity index (χ4n) is 3.74. The van der Waals surface area contributed by atoms with Crippen molar-refractivity contribution < 1.29 is 14.0 Å². The maximum atomic E-state index is 12.5. The molecule has 0 radical (unpaired) electrons. The minimum absolute atomic E-state index is 0.0460. The second-order valence-electron chi connectivity index (χ2n) is 7.09. The number of nitrogens with one attached hydrogen (secondary N) is 1. The van der Waals surface area contributed by atoms with Crippen molar-refractivity contribution in [3.8, 4) is 0 Å². The highest BCUT2D eigenvalue weighted by Crippen LogP contribution is 2.33. The number of carbonyl (C=O) groups excluding carboxylic acids is 2. The molecule has 0 unspecified atom stereocenters. The molecular weight excluding hydrogens is 322 g/mol. The van der Waals surface area contributed by atoms with Gasteiger partial charge in [0.05, 0.1) is 6.26 Å². The Labute approximate surface area is 145 Å². The SMILES string of the molecule is CC(C)NC(=O)c1nnc2n1C[C@@H]1CN(C(=O)c3ccco3)C[C@@H]1C2. The highest BCUT2D eigenvalue weighted by atomic mass is 16.3. The monoisotopic (exact) mass is 343 g/mol. The molecule has 25 heavy (non-hydrogen) atoms. The van der Waals surface area contributed by atoms with Crippen LogP contribution < -0.4 is 5.32 Å². The summed E-state index contributed by atoms with van der Waals surface area (Å²) in [6.07, 6.45) is 2.24. The average Bonchev–Trinajstić information content (AvgIpc) is 3.29. The number of hydrogen-bond acceptors (Lipinski definition) is 5. The van der Waals surface area contributed by atoms with E-state index in [-0.39, 0.29) is 17.9 Å². The molecule has 0 bridgehead atoms. The summed E-state index contributed by atoms with van der Waals surface area (Å²) in [7, 11) is 0. The van der Waals surface area contributed by atoms with Crippen molar-refractivity contribution >= 4 is 11.8 Å². The normalized spacial score (nSPS) is 22.0. The largest absolute Gasteiger partial charge is 0.459 e. The molecular formula is C17H21N5O3. The van der Waals surface area contributed by atoms with Crippen molar-refractivity contribution in [2.45, 2.75) is 32.9 Å². The van der Waals surface area contributed by atoms with Crippen molar-refractivity contribution in [3.63, 3.8) is 0 Å². The quantitative estimate of drug-likeness (QED) is 0.896. The highest BCUT2D eigenvalue weighted by Gasteiger charge is 2.41. The van der Waals surface area contributed by atoms with Crippen LogP contribution in [0, 0.1) is 11.8 Å². The molecule has 1 saturated heterocycles. The molecule has 2 aromatic rings. The highest BCUT2D eigenvalue weighted by molar-refractivity contribution is 5.92. The fourth-order valence-corrected chi connectivity index (χ4v) is 3.74. The summed E-state index contributed by atoms with van der Waals surface area (Å²) in [5.41, 5.74) is 0. The Morgan fingerprint density at radius 3 is 2.76 bits per heavy atom. The third-order valence-corrected chi connectivity index (χ3v) is 4.91. The van der Waals surface area contributed by atoms with Crippen LogP contribution in [0.3, 0.4) is 0 Å². The van der Waals surface area contributed by atoms with E-state index in [1.54, 1.807) is 12.1 Å². The van der Waals surface area contributed by atoms with Crippen LogP contribution in [0.15, 0.2) is 22.8 Å². The molecule has 0 spiro atoms. The summed E-state index contributed by atoms with van der Waals surface area (Å²) in [6, 6.07) is 3.45. The van der Waals surface area contributed by atoms with Gasteiger partial charge in [0.1, 0.15) is 5.82 Å². The van der Waals surface area contributed by atoms with Gasteiger partial charge in [0.25, 0.3) is 11.8 Å². The van der Waals surface area contributed by atoms with Gasteiger partial charge in [0.2, 0.25) is 5.82 Å². The van der Waals surface area contributed by atoms with E-state index < -0.39 is 0 Å². The van der Waals surface area contributed by atoms with Crippen molar-refractivity contribution in [2.24, 2.45) is 11.8 Å². The lowest BCUT2D eigenvalue weighted by Crippen LogP contribution is -2.35. The molecule has 4 rings (SSSR count). The van der Waals surface area contributed by atoms with Gasteiger partial charge in [-0.15, -0.1) is 10.2 Å². The zero-order valence-corrected chi connectivity index (χ0v) is 14.3. The first-order valence-corrected chi connectivity index (χ1v) is 8.58. The third kappa shape index (κ3) is 2.81. The number of amides is 2. The standard InChI is InChI=1S/C17H21N5O3/c1-10(2)18-16(23)15-20-19-14-6-11-7-21(8-12(11)9-22(14)15)17(24)13-4-3-5-25-13/h3-5,10-12H,6-9H2,1-2H3,(H,18,23)/t11-,12-/m0/s1. The molecule has 2 atom stereocenters. The van der Waals surface area contributed by atoms with Crippen LogP contribution in [0.4, 0.5) is 0 Å². The van der Waals surface area contributed by atoms with Crippen LogP contribution in [0.2, 0.25) is 0 Å². The van der Waals surface area contributed by atoms with Gasteiger partial charge in [-0.3, -0.25) is 9.59 Å². The summed E-state index contributed by atoms with van der Waals surface area (Å²) in [4.78, 5) is 26.6. The lowest BCUT2D eigenvalue weighted by Gasteiger charge is -2.25. The molecule has 2 aliphatic rings. The van der Waals surface area contributed by atoms with E-state index in [1.807, 2.05) is 23.3 Å². The van der Waals surface area contributed by atoms with E-state index in [0.717, 1.165) is 12.2 Å². The lowest BCUT2D eigenvalue weighted by molar-refractivity contribution is 0.0751. The smallest absolute Gasteiger partial charge is 0.289 e. The zero-order chi connectivity index (χ0) is 17.6. The van der Waals surface area contributed by atoms with Gasteiger partial charge in [0.15, 0.2) is 5.76 Å².